The van der Waals surface area contributed by atoms with Crippen molar-refractivity contribution in [2.75, 3.05) is 87.7 Å². The first-order valence-electron chi connectivity index (χ1n) is 11.1. The number of piperazine rings is 2. The maximum absolute atomic E-state index is 12.8. The van der Waals surface area contributed by atoms with Gasteiger partial charge in [0.15, 0.2) is 11.5 Å². The number of amides is 2. The van der Waals surface area contributed by atoms with Crippen LogP contribution in [0.15, 0.2) is 30.6 Å². The smallest absolute Gasteiger partial charge is 0.321 e. The Labute approximate surface area is 187 Å². The summed E-state index contributed by atoms with van der Waals surface area (Å²) < 4.78 is 11.1. The quantitative estimate of drug-likeness (QED) is 0.767. The van der Waals surface area contributed by atoms with Crippen LogP contribution in [0, 0.1) is 0 Å². The second-order valence-electron chi connectivity index (χ2n) is 8.29. The van der Waals surface area contributed by atoms with Gasteiger partial charge >= 0.3 is 6.03 Å². The molecule has 170 valence electrons. The molecule has 0 saturated carbocycles. The highest BCUT2D eigenvalue weighted by atomic mass is 16.6. The molecule has 2 amide bonds. The van der Waals surface area contributed by atoms with E-state index in [0.29, 0.717) is 43.5 Å². The van der Waals surface area contributed by atoms with E-state index in [2.05, 4.69) is 43.1 Å². The van der Waals surface area contributed by atoms with Gasteiger partial charge in [-0.25, -0.2) is 14.8 Å². The van der Waals surface area contributed by atoms with E-state index in [9.17, 15) is 4.79 Å². The topological polar surface area (TPSA) is 86.3 Å². The number of carbonyl (C=O) groups is 1. The third kappa shape index (κ3) is 4.50. The van der Waals surface area contributed by atoms with Crippen molar-refractivity contribution in [3.8, 4) is 11.5 Å². The lowest BCUT2D eigenvalue weighted by molar-refractivity contribution is 0.171. The minimum atomic E-state index is -0.109. The van der Waals surface area contributed by atoms with Crippen LogP contribution in [-0.4, -0.2) is 98.4 Å². The predicted octanol–water partition coefficient (Wildman–Crippen LogP) is 1.35. The second kappa shape index (κ2) is 9.07. The van der Waals surface area contributed by atoms with Crippen molar-refractivity contribution < 1.29 is 14.3 Å². The molecule has 32 heavy (non-hydrogen) atoms. The Morgan fingerprint density at radius 2 is 1.47 bits per heavy atom. The molecular weight excluding hydrogens is 410 g/mol. The average Bonchev–Trinajstić information content (AvgIpc) is 2.84. The number of likely N-dealkylation sites (N-methyl/N-ethyl adjacent to an activating group) is 1. The third-order valence-electron chi connectivity index (χ3n) is 6.15. The van der Waals surface area contributed by atoms with E-state index in [1.165, 1.54) is 0 Å². The van der Waals surface area contributed by atoms with Gasteiger partial charge in [-0.15, -0.1) is 0 Å². The summed E-state index contributed by atoms with van der Waals surface area (Å²) in [7, 11) is 2.15. The van der Waals surface area contributed by atoms with E-state index >= 15 is 0 Å². The molecule has 2 fully saturated rings. The van der Waals surface area contributed by atoms with Gasteiger partial charge < -0.3 is 34.4 Å². The van der Waals surface area contributed by atoms with Gasteiger partial charge in [-0.2, -0.15) is 0 Å². The van der Waals surface area contributed by atoms with Crippen molar-refractivity contribution >= 4 is 23.4 Å². The summed E-state index contributed by atoms with van der Waals surface area (Å²) in [5.74, 6) is 3.27. The van der Waals surface area contributed by atoms with E-state index in [-0.39, 0.29) is 6.03 Å². The predicted molar refractivity (Wildman–Crippen MR) is 122 cm³/mol. The van der Waals surface area contributed by atoms with Gasteiger partial charge in [-0.05, 0) is 19.2 Å². The van der Waals surface area contributed by atoms with Crippen LogP contribution >= 0.6 is 0 Å². The fourth-order valence-corrected chi connectivity index (χ4v) is 4.18. The summed E-state index contributed by atoms with van der Waals surface area (Å²) in [6.45, 7) is 7.81. The van der Waals surface area contributed by atoms with Crippen LogP contribution < -0.4 is 24.6 Å². The van der Waals surface area contributed by atoms with E-state index in [0.717, 1.165) is 50.9 Å². The molecule has 3 aliphatic heterocycles. The number of rotatable bonds is 3. The van der Waals surface area contributed by atoms with E-state index in [1.807, 2.05) is 23.1 Å². The summed E-state index contributed by atoms with van der Waals surface area (Å²) in [6, 6.07) is 7.43. The zero-order chi connectivity index (χ0) is 21.9. The van der Waals surface area contributed by atoms with Crippen LogP contribution in [0.4, 0.5) is 22.1 Å². The fraction of sp³-hybridized carbons (Fsp3) is 0.500. The Bertz CT molecular complexity index is 956. The zero-order valence-electron chi connectivity index (χ0n) is 18.4. The molecule has 1 N–H and O–H groups in total. The Kier molecular flexibility index (Phi) is 5.85. The maximum Gasteiger partial charge on any atom is 0.321 e. The molecule has 3 aliphatic rings. The second-order valence-corrected chi connectivity index (χ2v) is 8.29. The van der Waals surface area contributed by atoms with Gasteiger partial charge in [0.1, 0.15) is 31.2 Å². The van der Waals surface area contributed by atoms with Crippen LogP contribution in [0.2, 0.25) is 0 Å². The van der Waals surface area contributed by atoms with Crippen LogP contribution in [0.5, 0.6) is 11.5 Å². The van der Waals surface area contributed by atoms with Gasteiger partial charge in [0.2, 0.25) is 0 Å². The van der Waals surface area contributed by atoms with E-state index in [1.54, 1.807) is 6.33 Å². The lowest BCUT2D eigenvalue weighted by atomic mass is 10.2. The van der Waals surface area contributed by atoms with Crippen molar-refractivity contribution in [2.45, 2.75) is 0 Å². The summed E-state index contributed by atoms with van der Waals surface area (Å²) in [6.07, 6.45) is 1.64. The Morgan fingerprint density at radius 1 is 0.844 bits per heavy atom. The monoisotopic (exact) mass is 439 g/mol. The molecule has 0 bridgehead atoms. The van der Waals surface area contributed by atoms with Crippen molar-refractivity contribution in [3.05, 3.63) is 30.6 Å². The van der Waals surface area contributed by atoms with Gasteiger partial charge in [0.25, 0.3) is 0 Å². The van der Waals surface area contributed by atoms with Crippen molar-refractivity contribution in [3.63, 3.8) is 0 Å². The number of anilines is 3. The number of carbonyl (C=O) groups excluding carboxylic acids is 1. The first kappa shape index (κ1) is 20.6. The highest BCUT2D eigenvalue weighted by molar-refractivity contribution is 5.90. The van der Waals surface area contributed by atoms with Crippen molar-refractivity contribution in [2.24, 2.45) is 0 Å². The molecule has 2 saturated heterocycles. The number of fused-ring (bicyclic) bond motifs is 1. The van der Waals surface area contributed by atoms with Gasteiger partial charge in [-0.1, -0.05) is 0 Å². The number of aromatic nitrogens is 2. The Hall–Kier alpha value is -3.27. The third-order valence-corrected chi connectivity index (χ3v) is 6.15. The first-order valence-corrected chi connectivity index (χ1v) is 11.1. The number of urea groups is 1. The highest BCUT2D eigenvalue weighted by Gasteiger charge is 2.24. The molecule has 10 nitrogen and oxygen atoms in total. The number of nitrogens with one attached hydrogen (secondary N) is 1. The van der Waals surface area contributed by atoms with Crippen LogP contribution in [-0.2, 0) is 0 Å². The fourth-order valence-electron chi connectivity index (χ4n) is 4.18. The molecule has 0 spiro atoms. The summed E-state index contributed by atoms with van der Waals surface area (Å²) in [5, 5.41) is 2.97. The summed E-state index contributed by atoms with van der Waals surface area (Å²) >= 11 is 0. The minimum Gasteiger partial charge on any atom is -0.486 e. The molecule has 1 aromatic heterocycles. The molecule has 0 atom stereocenters. The Morgan fingerprint density at radius 3 is 2.16 bits per heavy atom. The molecule has 10 heteroatoms. The molecular formula is C22H29N7O3. The first-order chi connectivity index (χ1) is 15.7. The zero-order valence-corrected chi connectivity index (χ0v) is 18.4. The normalized spacial score (nSPS) is 19.1. The Balaban J connectivity index is 1.16. The molecule has 0 radical (unpaired) electrons. The number of ether oxygens (including phenoxy) is 2. The largest absolute Gasteiger partial charge is 0.486 e. The number of nitrogens with zero attached hydrogens (tertiary/aromatic N) is 6. The molecule has 5 rings (SSSR count). The van der Waals surface area contributed by atoms with Crippen LogP contribution in [0.25, 0.3) is 0 Å². The standard InChI is InChI=1S/C22H29N7O3/c1-26-4-6-27(7-5-26)20-15-21(24-16-23-20)28-8-10-29(11-9-28)22(30)25-17-2-3-18-19(14-17)32-13-12-31-18/h2-3,14-16H,4-13H2,1H3,(H,25,30). The van der Waals surface area contributed by atoms with Gasteiger partial charge in [-0.3, -0.25) is 0 Å². The lowest BCUT2D eigenvalue weighted by Crippen LogP contribution is -2.50. The molecule has 0 unspecified atom stereocenters. The van der Waals surface area contributed by atoms with Gasteiger partial charge in [0, 0.05) is 70.2 Å². The SMILES string of the molecule is CN1CCN(c2cc(N3CCN(C(=O)Nc4ccc5c(c4)OCCO5)CC3)ncn2)CC1. The summed E-state index contributed by atoms with van der Waals surface area (Å²) in [4.78, 5) is 30.4. The highest BCUT2D eigenvalue weighted by Crippen LogP contribution is 2.32. The molecule has 1 aromatic carbocycles. The number of benzene rings is 1. The van der Waals surface area contributed by atoms with Crippen LogP contribution in [0.1, 0.15) is 0 Å². The van der Waals surface area contributed by atoms with Crippen molar-refractivity contribution in [1.82, 2.24) is 19.8 Å². The molecule has 0 aliphatic carbocycles. The van der Waals surface area contributed by atoms with Gasteiger partial charge in [0.05, 0.1) is 0 Å². The number of hydrogen-bond donors (Lipinski definition) is 1. The van der Waals surface area contributed by atoms with Crippen molar-refractivity contribution in [1.29, 1.82) is 0 Å². The summed E-state index contributed by atoms with van der Waals surface area (Å²) in [5.41, 5.74) is 0.703. The average molecular weight is 440 g/mol. The minimum absolute atomic E-state index is 0.109. The maximum atomic E-state index is 12.8. The molecule has 4 heterocycles. The van der Waals surface area contributed by atoms with E-state index in [4.69, 9.17) is 9.47 Å². The van der Waals surface area contributed by atoms with Crippen LogP contribution in [0.3, 0.4) is 0 Å². The number of hydrogen-bond acceptors (Lipinski definition) is 8. The molecule has 2 aromatic rings. The lowest BCUT2D eigenvalue weighted by Gasteiger charge is -2.36. The van der Waals surface area contributed by atoms with E-state index < -0.39 is 0 Å².